The number of aromatic nitrogens is 1. The normalized spacial score (nSPS) is 18.2. The fourth-order valence-electron chi connectivity index (χ4n) is 2.66. The van der Waals surface area contributed by atoms with Gasteiger partial charge in [0.1, 0.15) is 5.52 Å². The zero-order valence-electron chi connectivity index (χ0n) is 10.2. The van der Waals surface area contributed by atoms with Gasteiger partial charge in [0.2, 0.25) is 0 Å². The van der Waals surface area contributed by atoms with Crippen LogP contribution < -0.4 is 5.73 Å². The molecule has 1 fully saturated rings. The molecule has 3 nitrogen and oxygen atoms in total. The van der Waals surface area contributed by atoms with Crippen LogP contribution in [-0.4, -0.2) is 11.5 Å². The number of fused-ring (bicyclic) bond motifs is 1. The topological polar surface area (TPSA) is 52.0 Å². The average Bonchev–Trinajstić information content (AvgIpc) is 2.68. The molecule has 0 saturated heterocycles. The molecule has 1 aliphatic carbocycles. The highest BCUT2D eigenvalue weighted by Crippen LogP contribution is 2.42. The predicted octanol–water partition coefficient (Wildman–Crippen LogP) is 2.81. The monoisotopic (exact) mass is 230 g/mol. The minimum Gasteiger partial charge on any atom is -0.440 e. The molecular formula is C14H18N2O. The van der Waals surface area contributed by atoms with E-state index in [2.05, 4.69) is 18.0 Å². The standard InChI is InChI=1S/C14H18N2O/c1-10-4-2-5-11-13(10)17-12(16-11)8-14(9-15)6-3-7-14/h2,4-5H,3,6-9,15H2,1H3. The summed E-state index contributed by atoms with van der Waals surface area (Å²) in [5.74, 6) is 0.847. The maximum Gasteiger partial charge on any atom is 0.196 e. The van der Waals surface area contributed by atoms with Crippen LogP contribution in [0.4, 0.5) is 0 Å². The van der Waals surface area contributed by atoms with Gasteiger partial charge in [0, 0.05) is 6.42 Å². The Morgan fingerprint density at radius 1 is 1.41 bits per heavy atom. The van der Waals surface area contributed by atoms with Crippen LogP contribution in [0.25, 0.3) is 11.1 Å². The van der Waals surface area contributed by atoms with Gasteiger partial charge in [0.05, 0.1) is 0 Å². The van der Waals surface area contributed by atoms with Gasteiger partial charge in [0.15, 0.2) is 11.5 Å². The van der Waals surface area contributed by atoms with Gasteiger partial charge in [-0.3, -0.25) is 0 Å². The van der Waals surface area contributed by atoms with Crippen molar-refractivity contribution in [1.29, 1.82) is 0 Å². The second-order valence-corrected chi connectivity index (χ2v) is 5.27. The third kappa shape index (κ3) is 1.75. The highest BCUT2D eigenvalue weighted by atomic mass is 16.3. The Hall–Kier alpha value is -1.35. The highest BCUT2D eigenvalue weighted by Gasteiger charge is 2.37. The lowest BCUT2D eigenvalue weighted by Gasteiger charge is -2.39. The van der Waals surface area contributed by atoms with Crippen LogP contribution in [0.15, 0.2) is 22.6 Å². The zero-order chi connectivity index (χ0) is 11.9. The molecule has 2 N–H and O–H groups in total. The molecule has 2 aromatic rings. The van der Waals surface area contributed by atoms with E-state index < -0.39 is 0 Å². The van der Waals surface area contributed by atoms with Crippen LogP contribution in [0.3, 0.4) is 0 Å². The molecule has 3 rings (SSSR count). The molecule has 0 atom stereocenters. The first-order valence-electron chi connectivity index (χ1n) is 6.28. The van der Waals surface area contributed by atoms with Crippen molar-refractivity contribution in [2.24, 2.45) is 11.1 Å². The van der Waals surface area contributed by atoms with Crippen LogP contribution in [-0.2, 0) is 6.42 Å². The molecule has 0 unspecified atom stereocenters. The van der Waals surface area contributed by atoms with Crippen molar-refractivity contribution in [3.8, 4) is 0 Å². The smallest absolute Gasteiger partial charge is 0.196 e. The third-order valence-electron chi connectivity index (χ3n) is 4.03. The summed E-state index contributed by atoms with van der Waals surface area (Å²) >= 11 is 0. The van der Waals surface area contributed by atoms with Crippen molar-refractivity contribution >= 4 is 11.1 Å². The Labute approximate surface area is 101 Å². The van der Waals surface area contributed by atoms with Gasteiger partial charge in [-0.1, -0.05) is 18.6 Å². The zero-order valence-corrected chi connectivity index (χ0v) is 10.2. The molecule has 0 spiro atoms. The van der Waals surface area contributed by atoms with Crippen LogP contribution in [0.2, 0.25) is 0 Å². The first-order chi connectivity index (χ1) is 8.22. The minimum absolute atomic E-state index is 0.259. The van der Waals surface area contributed by atoms with Crippen LogP contribution in [0.5, 0.6) is 0 Å². The molecule has 0 radical (unpaired) electrons. The maximum absolute atomic E-state index is 5.87. The van der Waals surface area contributed by atoms with E-state index in [0.717, 1.165) is 35.5 Å². The van der Waals surface area contributed by atoms with Gasteiger partial charge >= 0.3 is 0 Å². The Kier molecular flexibility index (Phi) is 2.44. The summed E-state index contributed by atoms with van der Waals surface area (Å²) in [4.78, 5) is 4.57. The molecule has 1 aliphatic rings. The van der Waals surface area contributed by atoms with Gasteiger partial charge < -0.3 is 10.2 Å². The van der Waals surface area contributed by atoms with E-state index in [-0.39, 0.29) is 5.41 Å². The van der Waals surface area contributed by atoms with Crippen LogP contribution >= 0.6 is 0 Å². The summed E-state index contributed by atoms with van der Waals surface area (Å²) in [6.45, 7) is 2.80. The van der Waals surface area contributed by atoms with Gasteiger partial charge in [-0.25, -0.2) is 4.98 Å². The lowest BCUT2D eigenvalue weighted by atomic mass is 9.67. The van der Waals surface area contributed by atoms with Gasteiger partial charge in [-0.05, 0) is 43.4 Å². The first-order valence-corrected chi connectivity index (χ1v) is 6.28. The van der Waals surface area contributed by atoms with Crippen LogP contribution in [0.1, 0.15) is 30.7 Å². The number of para-hydroxylation sites is 1. The van der Waals surface area contributed by atoms with Gasteiger partial charge in [-0.15, -0.1) is 0 Å². The number of nitrogens with zero attached hydrogens (tertiary/aromatic N) is 1. The highest BCUT2D eigenvalue weighted by molar-refractivity contribution is 5.75. The molecule has 1 aromatic carbocycles. The van der Waals surface area contributed by atoms with Gasteiger partial charge in [-0.2, -0.15) is 0 Å². The Bertz CT molecular complexity index is 535. The molecule has 0 aliphatic heterocycles. The molecule has 1 saturated carbocycles. The fourth-order valence-corrected chi connectivity index (χ4v) is 2.66. The van der Waals surface area contributed by atoms with Crippen molar-refractivity contribution in [3.63, 3.8) is 0 Å². The summed E-state index contributed by atoms with van der Waals surface area (Å²) < 4.78 is 5.87. The number of rotatable bonds is 3. The first kappa shape index (κ1) is 10.8. The molecular weight excluding hydrogens is 212 g/mol. The SMILES string of the molecule is Cc1cccc2nc(CC3(CN)CCC3)oc12. The van der Waals surface area contributed by atoms with E-state index >= 15 is 0 Å². The Balaban J connectivity index is 1.93. The average molecular weight is 230 g/mol. The molecule has 17 heavy (non-hydrogen) atoms. The quantitative estimate of drug-likeness (QED) is 0.882. The number of hydrogen-bond donors (Lipinski definition) is 1. The molecule has 0 bridgehead atoms. The number of oxazole rings is 1. The lowest BCUT2D eigenvalue weighted by molar-refractivity contribution is 0.134. The third-order valence-corrected chi connectivity index (χ3v) is 4.03. The fraction of sp³-hybridized carbons (Fsp3) is 0.500. The number of nitrogens with two attached hydrogens (primary N) is 1. The van der Waals surface area contributed by atoms with E-state index in [1.807, 2.05) is 12.1 Å². The summed E-state index contributed by atoms with van der Waals surface area (Å²) in [5, 5.41) is 0. The molecule has 1 heterocycles. The summed E-state index contributed by atoms with van der Waals surface area (Å²) in [6.07, 6.45) is 4.59. The summed E-state index contributed by atoms with van der Waals surface area (Å²) in [5.41, 5.74) is 9.17. The minimum atomic E-state index is 0.259. The van der Waals surface area contributed by atoms with Crippen molar-refractivity contribution < 1.29 is 4.42 Å². The van der Waals surface area contributed by atoms with E-state index in [9.17, 15) is 0 Å². The molecule has 3 heteroatoms. The van der Waals surface area contributed by atoms with E-state index in [4.69, 9.17) is 10.2 Å². The van der Waals surface area contributed by atoms with Crippen molar-refractivity contribution in [2.45, 2.75) is 32.6 Å². The van der Waals surface area contributed by atoms with E-state index in [1.165, 1.54) is 19.3 Å². The maximum atomic E-state index is 5.87. The van der Waals surface area contributed by atoms with Crippen molar-refractivity contribution in [2.75, 3.05) is 6.54 Å². The summed E-state index contributed by atoms with van der Waals surface area (Å²) in [7, 11) is 0. The van der Waals surface area contributed by atoms with Crippen molar-refractivity contribution in [1.82, 2.24) is 4.98 Å². The largest absolute Gasteiger partial charge is 0.440 e. The summed E-state index contributed by atoms with van der Waals surface area (Å²) in [6, 6.07) is 6.08. The van der Waals surface area contributed by atoms with Crippen LogP contribution in [0, 0.1) is 12.3 Å². The van der Waals surface area contributed by atoms with Gasteiger partial charge in [0.25, 0.3) is 0 Å². The number of aryl methyl sites for hydroxylation is 1. The molecule has 90 valence electrons. The second kappa shape index (κ2) is 3.84. The second-order valence-electron chi connectivity index (χ2n) is 5.27. The molecule has 1 aromatic heterocycles. The van der Waals surface area contributed by atoms with E-state index in [0.29, 0.717) is 0 Å². The van der Waals surface area contributed by atoms with Crippen molar-refractivity contribution in [3.05, 3.63) is 29.7 Å². The predicted molar refractivity (Wildman–Crippen MR) is 67.8 cm³/mol. The van der Waals surface area contributed by atoms with E-state index in [1.54, 1.807) is 0 Å². The Morgan fingerprint density at radius 3 is 2.82 bits per heavy atom. The molecule has 0 amide bonds. The Morgan fingerprint density at radius 2 is 2.24 bits per heavy atom. The lowest BCUT2D eigenvalue weighted by Crippen LogP contribution is -2.39. The number of hydrogen-bond acceptors (Lipinski definition) is 3. The number of benzene rings is 1.